The number of carbonyl (C=O) groups excluding carboxylic acids is 1. The van der Waals surface area contributed by atoms with Gasteiger partial charge < -0.3 is 10.2 Å². The Hall–Kier alpha value is -2.22. The van der Waals surface area contributed by atoms with Crippen LogP contribution in [0.4, 0.5) is 5.82 Å². The molecule has 0 unspecified atom stereocenters. The number of fused-ring (bicyclic) bond motifs is 1. The maximum Gasteiger partial charge on any atom is 0.254 e. The molecule has 0 spiro atoms. The highest BCUT2D eigenvalue weighted by Crippen LogP contribution is 2.25. The second-order valence-corrected chi connectivity index (χ2v) is 6.89. The number of hydrogen-bond donors (Lipinski definition) is 1. The Morgan fingerprint density at radius 3 is 2.76 bits per heavy atom. The van der Waals surface area contributed by atoms with Crippen molar-refractivity contribution in [1.82, 2.24) is 29.8 Å². The number of aryl methyl sites for hydroxylation is 1. The summed E-state index contributed by atoms with van der Waals surface area (Å²) in [5.41, 5.74) is 2.13. The number of nitrogens with one attached hydrogen (secondary N) is 1. The molecule has 0 saturated carbocycles. The molecule has 3 rings (SSSR count). The fourth-order valence-electron chi connectivity index (χ4n) is 3.55. The topological polar surface area (TPSA) is 78.7 Å². The van der Waals surface area contributed by atoms with E-state index in [-0.39, 0.29) is 5.91 Å². The lowest BCUT2D eigenvalue weighted by atomic mass is 9.96. The van der Waals surface area contributed by atoms with Gasteiger partial charge >= 0.3 is 0 Å². The number of amides is 1. The van der Waals surface area contributed by atoms with E-state index in [9.17, 15) is 4.79 Å². The molecule has 1 aliphatic rings. The Morgan fingerprint density at radius 2 is 2.08 bits per heavy atom. The summed E-state index contributed by atoms with van der Waals surface area (Å²) in [5.74, 6) is 2.41. The molecular weight excluding hydrogens is 318 g/mol. The maximum atomic E-state index is 11.5. The Morgan fingerprint density at radius 1 is 1.36 bits per heavy atom. The summed E-state index contributed by atoms with van der Waals surface area (Å²) < 4.78 is 1.82. The molecule has 8 nitrogen and oxygen atoms in total. The summed E-state index contributed by atoms with van der Waals surface area (Å²) in [6.45, 7) is 7.51. The minimum atomic E-state index is 0.0898. The molecule has 136 valence electrons. The number of nitrogens with zero attached hydrogens (tertiary/aromatic N) is 6. The van der Waals surface area contributed by atoms with E-state index in [0.29, 0.717) is 18.2 Å². The lowest BCUT2D eigenvalue weighted by molar-refractivity contribution is -0.122. The van der Waals surface area contributed by atoms with Crippen molar-refractivity contribution in [2.45, 2.75) is 26.7 Å². The van der Waals surface area contributed by atoms with E-state index in [1.807, 2.05) is 11.4 Å². The van der Waals surface area contributed by atoms with E-state index >= 15 is 0 Å². The molecule has 0 atom stereocenters. The first kappa shape index (κ1) is 17.6. The van der Waals surface area contributed by atoms with E-state index in [2.05, 4.69) is 44.2 Å². The van der Waals surface area contributed by atoms with Crippen molar-refractivity contribution in [1.29, 1.82) is 0 Å². The van der Waals surface area contributed by atoms with E-state index in [1.54, 1.807) is 13.4 Å². The molecule has 1 aliphatic heterocycles. The van der Waals surface area contributed by atoms with Gasteiger partial charge in [-0.2, -0.15) is 14.6 Å². The standard InChI is InChI=1S/C17H27N7O/c1-12-13(2)21-17-19-11-20-24(17)16(12)22(4)9-14-5-7-23(8-6-14)10-15(25)18-3/h11,14H,5-10H2,1-4H3,(H,18,25). The summed E-state index contributed by atoms with van der Waals surface area (Å²) >= 11 is 0. The van der Waals surface area contributed by atoms with Crippen molar-refractivity contribution >= 4 is 17.5 Å². The zero-order chi connectivity index (χ0) is 18.0. The summed E-state index contributed by atoms with van der Waals surface area (Å²) in [5, 5.41) is 7.03. The zero-order valence-corrected chi connectivity index (χ0v) is 15.5. The first-order valence-electron chi connectivity index (χ1n) is 8.80. The Labute approximate surface area is 148 Å². The van der Waals surface area contributed by atoms with Crippen molar-refractivity contribution in [3.63, 3.8) is 0 Å². The van der Waals surface area contributed by atoms with E-state index in [4.69, 9.17) is 0 Å². The minimum Gasteiger partial charge on any atom is -0.359 e. The predicted octanol–water partition coefficient (Wildman–Crippen LogP) is 0.635. The van der Waals surface area contributed by atoms with Gasteiger partial charge in [0.15, 0.2) is 0 Å². The van der Waals surface area contributed by atoms with Gasteiger partial charge in [0.2, 0.25) is 5.91 Å². The van der Waals surface area contributed by atoms with Crippen LogP contribution in [0.2, 0.25) is 0 Å². The third-order valence-electron chi connectivity index (χ3n) is 5.12. The van der Waals surface area contributed by atoms with Crippen LogP contribution in [0, 0.1) is 19.8 Å². The fourth-order valence-corrected chi connectivity index (χ4v) is 3.55. The van der Waals surface area contributed by atoms with E-state index in [1.165, 1.54) is 0 Å². The number of carbonyl (C=O) groups is 1. The van der Waals surface area contributed by atoms with Crippen LogP contribution in [0.25, 0.3) is 5.78 Å². The minimum absolute atomic E-state index is 0.0898. The van der Waals surface area contributed by atoms with Crippen molar-refractivity contribution in [2.75, 3.05) is 45.2 Å². The third kappa shape index (κ3) is 3.73. The van der Waals surface area contributed by atoms with Gasteiger partial charge in [0.05, 0.1) is 6.54 Å². The van der Waals surface area contributed by atoms with E-state index in [0.717, 1.165) is 49.6 Å². The molecule has 0 radical (unpaired) electrons. The molecule has 2 aromatic rings. The van der Waals surface area contributed by atoms with Gasteiger partial charge in [-0.15, -0.1) is 0 Å². The molecule has 1 saturated heterocycles. The highest BCUT2D eigenvalue weighted by molar-refractivity contribution is 5.77. The monoisotopic (exact) mass is 345 g/mol. The molecule has 25 heavy (non-hydrogen) atoms. The van der Waals surface area contributed by atoms with Gasteiger partial charge in [0.1, 0.15) is 12.1 Å². The lowest BCUT2D eigenvalue weighted by Gasteiger charge is -2.34. The van der Waals surface area contributed by atoms with Gasteiger partial charge in [0.25, 0.3) is 5.78 Å². The number of likely N-dealkylation sites (tertiary alicyclic amines) is 1. The molecule has 1 amide bonds. The normalized spacial score (nSPS) is 16.3. The van der Waals surface area contributed by atoms with Crippen molar-refractivity contribution < 1.29 is 4.79 Å². The first-order chi connectivity index (χ1) is 12.0. The molecule has 0 bridgehead atoms. The van der Waals surface area contributed by atoms with Crippen LogP contribution >= 0.6 is 0 Å². The molecule has 8 heteroatoms. The zero-order valence-electron chi connectivity index (χ0n) is 15.5. The molecule has 0 aromatic carbocycles. The second-order valence-electron chi connectivity index (χ2n) is 6.89. The van der Waals surface area contributed by atoms with Crippen molar-refractivity contribution in [3.8, 4) is 0 Å². The van der Waals surface area contributed by atoms with Crippen LogP contribution in [-0.2, 0) is 4.79 Å². The Kier molecular flexibility index (Phi) is 5.17. The summed E-state index contributed by atoms with van der Waals surface area (Å²) in [6.07, 6.45) is 3.76. The number of hydrogen-bond acceptors (Lipinski definition) is 6. The van der Waals surface area contributed by atoms with Crippen LogP contribution in [-0.4, -0.2) is 70.7 Å². The lowest BCUT2D eigenvalue weighted by Crippen LogP contribution is -2.42. The third-order valence-corrected chi connectivity index (χ3v) is 5.12. The second kappa shape index (κ2) is 7.35. The average molecular weight is 345 g/mol. The summed E-state index contributed by atoms with van der Waals surface area (Å²) in [4.78, 5) is 24.7. The summed E-state index contributed by atoms with van der Waals surface area (Å²) in [7, 11) is 3.80. The van der Waals surface area contributed by atoms with Crippen LogP contribution in [0.3, 0.4) is 0 Å². The van der Waals surface area contributed by atoms with Crippen molar-refractivity contribution in [3.05, 3.63) is 17.6 Å². The Balaban J connectivity index is 1.66. The molecule has 0 aliphatic carbocycles. The highest BCUT2D eigenvalue weighted by Gasteiger charge is 2.23. The van der Waals surface area contributed by atoms with E-state index < -0.39 is 0 Å². The van der Waals surface area contributed by atoms with Crippen LogP contribution < -0.4 is 10.2 Å². The number of piperidine rings is 1. The largest absolute Gasteiger partial charge is 0.359 e. The first-order valence-corrected chi connectivity index (χ1v) is 8.80. The number of rotatable bonds is 5. The summed E-state index contributed by atoms with van der Waals surface area (Å²) in [6, 6.07) is 0. The van der Waals surface area contributed by atoms with Crippen molar-refractivity contribution in [2.24, 2.45) is 5.92 Å². The molecule has 1 N–H and O–H groups in total. The van der Waals surface area contributed by atoms with Gasteiger partial charge in [-0.1, -0.05) is 0 Å². The van der Waals surface area contributed by atoms with Gasteiger partial charge in [0, 0.05) is 31.9 Å². The predicted molar refractivity (Wildman–Crippen MR) is 96.8 cm³/mol. The number of anilines is 1. The molecule has 3 heterocycles. The van der Waals surface area contributed by atoms with Crippen LogP contribution in [0.1, 0.15) is 24.1 Å². The van der Waals surface area contributed by atoms with Gasteiger partial charge in [-0.05, 0) is 45.7 Å². The Bertz CT molecular complexity index is 749. The quantitative estimate of drug-likeness (QED) is 0.857. The van der Waals surface area contributed by atoms with Gasteiger partial charge in [-0.3, -0.25) is 9.69 Å². The molecule has 1 fully saturated rings. The van der Waals surface area contributed by atoms with Crippen LogP contribution in [0.5, 0.6) is 0 Å². The smallest absolute Gasteiger partial charge is 0.254 e. The molecule has 2 aromatic heterocycles. The highest BCUT2D eigenvalue weighted by atomic mass is 16.1. The van der Waals surface area contributed by atoms with Crippen LogP contribution in [0.15, 0.2) is 6.33 Å². The molecular formula is C17H27N7O. The fraction of sp³-hybridized carbons (Fsp3) is 0.647. The maximum absolute atomic E-state index is 11.5. The number of aromatic nitrogens is 4. The van der Waals surface area contributed by atoms with Gasteiger partial charge in [-0.25, -0.2) is 4.98 Å². The number of likely N-dealkylation sites (N-methyl/N-ethyl adjacent to an activating group) is 1. The average Bonchev–Trinajstić information content (AvgIpc) is 3.04. The SMILES string of the molecule is CNC(=O)CN1CCC(CN(C)c2c(C)c(C)nc3ncnn23)CC1.